The van der Waals surface area contributed by atoms with Gasteiger partial charge in [-0.25, -0.2) is 18.2 Å². The fraction of sp³-hybridized carbons (Fsp3) is 0.651. The standard InChI is InChI=1S/C43H57N5O9S/c1-24(2)56-32-10-11-34-27(20-32)12-15-44-38(34)57-33-21-35-37(49)45-43(40(51)46-58(54,55)42(5)13-14-42)22-30(43)9-7-6-8-25(3)16-26(4)36(39(50)47(35)23-33)48(41(52)53)31-18-28-17-29(28)19-31/h7,9-12,15,20,24-26,28-31,33,35-36H,6,8,13-14,16-19,21-23H2,1-5H3,(H,45,49)(H,46,51)(H,52,53)/b9-7-/t25-,26+,28-,29?,30+,31?,33+,35-,36-,43+/m0/s1. The number of ether oxygens (including phenoxy) is 2. The first-order chi connectivity index (χ1) is 27.5. The molecule has 2 unspecified atom stereocenters. The molecule has 2 aromatic rings. The van der Waals surface area contributed by atoms with Gasteiger partial charge in [0.2, 0.25) is 27.7 Å². The zero-order valence-corrected chi connectivity index (χ0v) is 34.9. The lowest BCUT2D eigenvalue weighted by Gasteiger charge is -2.40. The predicted molar refractivity (Wildman–Crippen MR) is 215 cm³/mol. The summed E-state index contributed by atoms with van der Waals surface area (Å²) >= 11 is 0. The number of rotatable bonds is 9. The molecule has 0 spiro atoms. The smallest absolute Gasteiger partial charge is 0.408 e. The third kappa shape index (κ3) is 7.75. The number of hydrogen-bond acceptors (Lipinski definition) is 9. The van der Waals surface area contributed by atoms with Crippen LogP contribution < -0.4 is 19.5 Å². The minimum atomic E-state index is -4.01. The van der Waals surface area contributed by atoms with Crippen LogP contribution in [-0.2, 0) is 24.4 Å². The molecule has 314 valence electrons. The summed E-state index contributed by atoms with van der Waals surface area (Å²) in [6, 6.07) is 4.94. The Morgan fingerprint density at radius 3 is 2.50 bits per heavy atom. The highest BCUT2D eigenvalue weighted by molar-refractivity contribution is 7.91. The molecule has 58 heavy (non-hydrogen) atoms. The summed E-state index contributed by atoms with van der Waals surface area (Å²) in [6.07, 6.45) is 9.22. The molecular formula is C43H57N5O9S. The maximum Gasteiger partial charge on any atom is 0.408 e. The van der Waals surface area contributed by atoms with Gasteiger partial charge >= 0.3 is 6.09 Å². The van der Waals surface area contributed by atoms with E-state index in [4.69, 9.17) is 9.47 Å². The van der Waals surface area contributed by atoms with Crippen molar-refractivity contribution in [1.29, 1.82) is 0 Å². The number of sulfonamides is 1. The Balaban J connectivity index is 1.14. The van der Waals surface area contributed by atoms with E-state index in [-0.39, 0.29) is 43.4 Å². The second-order valence-electron chi connectivity index (χ2n) is 18.6. The molecule has 0 radical (unpaired) electrons. The van der Waals surface area contributed by atoms with Crippen LogP contribution in [0.4, 0.5) is 4.79 Å². The van der Waals surface area contributed by atoms with Gasteiger partial charge in [-0.2, -0.15) is 0 Å². The summed E-state index contributed by atoms with van der Waals surface area (Å²) < 4.78 is 40.2. The van der Waals surface area contributed by atoms with E-state index in [1.807, 2.05) is 57.2 Å². The van der Waals surface area contributed by atoms with Gasteiger partial charge in [0.05, 0.1) is 17.4 Å². The van der Waals surface area contributed by atoms with Gasteiger partial charge in [-0.05, 0) is 132 Å². The van der Waals surface area contributed by atoms with E-state index in [1.54, 1.807) is 13.1 Å². The summed E-state index contributed by atoms with van der Waals surface area (Å²) in [4.78, 5) is 64.6. The Kier molecular flexibility index (Phi) is 10.4. The number of carboxylic acid groups (broad SMARTS) is 1. The molecule has 14 nitrogen and oxygen atoms in total. The Morgan fingerprint density at radius 2 is 1.81 bits per heavy atom. The summed E-state index contributed by atoms with van der Waals surface area (Å²) in [5.74, 6) is -0.641. The molecule has 15 heteroatoms. The average molecular weight is 820 g/mol. The van der Waals surface area contributed by atoms with E-state index in [1.165, 1.54) is 9.80 Å². The molecule has 1 aromatic heterocycles. The highest BCUT2D eigenvalue weighted by Gasteiger charge is 2.63. The number of carbonyl (C=O) groups excluding carboxylic acids is 3. The largest absolute Gasteiger partial charge is 0.491 e. The molecule has 3 heterocycles. The number of hydrogen-bond donors (Lipinski definition) is 3. The molecule has 4 amide bonds. The number of pyridine rings is 1. The predicted octanol–water partition coefficient (Wildman–Crippen LogP) is 5.40. The molecule has 8 rings (SSSR count). The van der Waals surface area contributed by atoms with Crippen LogP contribution in [-0.4, -0.2) is 99.3 Å². The van der Waals surface area contributed by atoms with E-state index < -0.39 is 68.2 Å². The molecule has 2 aliphatic heterocycles. The number of amides is 4. The number of aromatic nitrogens is 1. The van der Waals surface area contributed by atoms with Crippen LogP contribution in [0.25, 0.3) is 10.8 Å². The van der Waals surface area contributed by atoms with Gasteiger partial charge in [0, 0.05) is 30.0 Å². The van der Waals surface area contributed by atoms with Crippen molar-refractivity contribution in [3.8, 4) is 11.6 Å². The fourth-order valence-electron chi connectivity index (χ4n) is 9.91. The number of carbonyl (C=O) groups is 4. The summed E-state index contributed by atoms with van der Waals surface area (Å²) in [5, 5.41) is 15.3. The minimum Gasteiger partial charge on any atom is -0.491 e. The van der Waals surface area contributed by atoms with Crippen LogP contribution in [0.2, 0.25) is 0 Å². The maximum absolute atomic E-state index is 15.3. The number of benzene rings is 1. The molecular weight excluding hydrogens is 763 g/mol. The zero-order valence-electron chi connectivity index (χ0n) is 34.1. The third-order valence-corrected chi connectivity index (χ3v) is 15.8. The van der Waals surface area contributed by atoms with Gasteiger partial charge < -0.3 is 24.8 Å². The second-order valence-corrected chi connectivity index (χ2v) is 20.8. The van der Waals surface area contributed by atoms with Gasteiger partial charge in [0.25, 0.3) is 5.91 Å². The monoisotopic (exact) mass is 819 g/mol. The second kappa shape index (κ2) is 15.0. The van der Waals surface area contributed by atoms with E-state index in [2.05, 4.69) is 21.9 Å². The number of fused-ring (bicyclic) bond motifs is 4. The van der Waals surface area contributed by atoms with Crippen LogP contribution in [0.1, 0.15) is 98.8 Å². The van der Waals surface area contributed by atoms with Crippen LogP contribution >= 0.6 is 0 Å². The molecule has 5 fully saturated rings. The van der Waals surface area contributed by atoms with E-state index in [9.17, 15) is 27.9 Å². The molecule has 0 bridgehead atoms. The average Bonchev–Trinajstić information content (AvgIpc) is 4.11. The summed E-state index contributed by atoms with van der Waals surface area (Å²) in [6.45, 7) is 9.50. The van der Waals surface area contributed by atoms with E-state index in [0.29, 0.717) is 67.4 Å². The number of nitrogens with zero attached hydrogens (tertiary/aromatic N) is 3. The van der Waals surface area contributed by atoms with E-state index in [0.717, 1.165) is 18.2 Å². The van der Waals surface area contributed by atoms with Crippen molar-refractivity contribution in [2.75, 3.05) is 6.54 Å². The van der Waals surface area contributed by atoms with Crippen molar-refractivity contribution in [3.05, 3.63) is 42.6 Å². The van der Waals surface area contributed by atoms with Gasteiger partial charge in [-0.3, -0.25) is 24.0 Å². The molecule has 10 atom stereocenters. The highest BCUT2D eigenvalue weighted by Crippen LogP contribution is 2.54. The first-order valence-corrected chi connectivity index (χ1v) is 22.6. The summed E-state index contributed by atoms with van der Waals surface area (Å²) in [7, 11) is -4.01. The molecule has 1 aromatic carbocycles. The minimum absolute atomic E-state index is 0.0212. The Morgan fingerprint density at radius 1 is 1.07 bits per heavy atom. The van der Waals surface area contributed by atoms with Gasteiger partial charge in [-0.1, -0.05) is 26.0 Å². The molecule has 1 saturated heterocycles. The van der Waals surface area contributed by atoms with Crippen LogP contribution in [0.15, 0.2) is 42.6 Å². The molecule has 4 aliphatic carbocycles. The first kappa shape index (κ1) is 40.4. The van der Waals surface area contributed by atoms with E-state index >= 15 is 4.79 Å². The molecule has 4 saturated carbocycles. The quantitative estimate of drug-likeness (QED) is 0.277. The normalized spacial score (nSPS) is 34.7. The van der Waals surface area contributed by atoms with Gasteiger partial charge in [0.15, 0.2) is 0 Å². The van der Waals surface area contributed by atoms with Crippen molar-refractivity contribution in [2.45, 2.75) is 139 Å². The Hall–Kier alpha value is -4.40. The van der Waals surface area contributed by atoms with Crippen molar-refractivity contribution in [1.82, 2.24) is 24.8 Å². The van der Waals surface area contributed by atoms with Crippen molar-refractivity contribution in [3.63, 3.8) is 0 Å². The Bertz CT molecular complexity index is 2110. The highest BCUT2D eigenvalue weighted by atomic mass is 32.2. The summed E-state index contributed by atoms with van der Waals surface area (Å²) in [5.41, 5.74) is -1.54. The van der Waals surface area contributed by atoms with Crippen LogP contribution in [0.5, 0.6) is 11.6 Å². The fourth-order valence-corrected chi connectivity index (χ4v) is 11.2. The van der Waals surface area contributed by atoms with Crippen molar-refractivity contribution >= 4 is 44.6 Å². The lowest BCUT2D eigenvalue weighted by Crippen LogP contribution is -2.61. The van der Waals surface area contributed by atoms with Crippen LogP contribution in [0, 0.1) is 29.6 Å². The zero-order chi connectivity index (χ0) is 41.3. The number of allylic oxidation sites excluding steroid dienone is 1. The van der Waals surface area contributed by atoms with Crippen molar-refractivity contribution in [2.24, 2.45) is 29.6 Å². The lowest BCUT2D eigenvalue weighted by molar-refractivity contribution is -0.145. The maximum atomic E-state index is 15.3. The van der Waals surface area contributed by atoms with Crippen molar-refractivity contribution < 1.29 is 42.2 Å². The topological polar surface area (TPSA) is 185 Å². The SMILES string of the molecule is CC(C)Oc1ccc2c(O[C@@H]3C[C@H]4C(=O)N[C@]5(C(=O)NS(=O)(=O)C6(C)CC6)C[C@H]5/C=C\CC[C@H](C)C[C@@H](C)[C@H](N(C(=O)O)C5CC6C[C@H]6C5)C(=O)N4C3)nccc2c1. The lowest BCUT2D eigenvalue weighted by atomic mass is 9.86. The molecule has 6 aliphatic rings. The van der Waals surface area contributed by atoms with Gasteiger partial charge in [0.1, 0.15) is 29.5 Å². The third-order valence-electron chi connectivity index (χ3n) is 13.7. The number of nitrogens with one attached hydrogen (secondary N) is 2. The molecule has 3 N–H and O–H groups in total. The van der Waals surface area contributed by atoms with Crippen LogP contribution in [0.3, 0.4) is 0 Å². The van der Waals surface area contributed by atoms with Gasteiger partial charge in [-0.15, -0.1) is 0 Å². The Labute approximate surface area is 340 Å². The first-order valence-electron chi connectivity index (χ1n) is 21.1.